The summed E-state index contributed by atoms with van der Waals surface area (Å²) in [6.07, 6.45) is 5.50. The van der Waals surface area contributed by atoms with E-state index < -0.39 is 0 Å². The van der Waals surface area contributed by atoms with Crippen molar-refractivity contribution in [3.05, 3.63) is 29.7 Å². The second kappa shape index (κ2) is 6.68. The predicted molar refractivity (Wildman–Crippen MR) is 100.0 cm³/mol. The van der Waals surface area contributed by atoms with Crippen molar-refractivity contribution in [2.45, 2.75) is 32.7 Å². The molecule has 8 nitrogen and oxygen atoms in total. The van der Waals surface area contributed by atoms with Gasteiger partial charge in [0.05, 0.1) is 24.9 Å². The zero-order chi connectivity index (χ0) is 18.1. The van der Waals surface area contributed by atoms with E-state index in [0.29, 0.717) is 11.8 Å². The Balaban J connectivity index is 1.63. The third-order valence-electron chi connectivity index (χ3n) is 4.94. The lowest BCUT2D eigenvalue weighted by atomic mass is 9.74. The minimum absolute atomic E-state index is 0.0642. The molecule has 0 aromatic carbocycles. The van der Waals surface area contributed by atoms with Gasteiger partial charge in [-0.15, -0.1) is 0 Å². The number of anilines is 3. The largest absolute Gasteiger partial charge is 0.384 e. The number of nitrogens with one attached hydrogen (secondary N) is 1. The van der Waals surface area contributed by atoms with Gasteiger partial charge in [-0.2, -0.15) is 4.98 Å². The lowest BCUT2D eigenvalue weighted by Gasteiger charge is -2.37. The number of ether oxygens (including phenoxy) is 1. The molecule has 0 spiro atoms. The summed E-state index contributed by atoms with van der Waals surface area (Å²) in [6, 6.07) is 1.75. The molecule has 1 aliphatic heterocycles. The van der Waals surface area contributed by atoms with Crippen molar-refractivity contribution in [1.29, 1.82) is 0 Å². The lowest BCUT2D eigenvalue weighted by Crippen LogP contribution is -2.38. The first-order chi connectivity index (χ1) is 12.5. The summed E-state index contributed by atoms with van der Waals surface area (Å²) in [5, 5.41) is 3.42. The molecule has 1 unspecified atom stereocenters. The Bertz CT molecular complexity index is 789. The molecule has 0 radical (unpaired) electrons. The summed E-state index contributed by atoms with van der Waals surface area (Å²) >= 11 is 0. The van der Waals surface area contributed by atoms with E-state index in [1.165, 1.54) is 0 Å². The van der Waals surface area contributed by atoms with E-state index in [1.54, 1.807) is 12.3 Å². The number of hydrogen-bond acceptors (Lipinski definition) is 8. The molecule has 1 atom stereocenters. The zero-order valence-electron chi connectivity index (χ0n) is 15.3. The normalized spacial score (nSPS) is 21.9. The van der Waals surface area contributed by atoms with E-state index in [0.717, 1.165) is 56.4 Å². The van der Waals surface area contributed by atoms with Crippen molar-refractivity contribution in [1.82, 2.24) is 19.9 Å². The van der Waals surface area contributed by atoms with Crippen LogP contribution in [0.1, 0.15) is 37.6 Å². The van der Waals surface area contributed by atoms with Crippen LogP contribution in [-0.2, 0) is 11.2 Å². The van der Waals surface area contributed by atoms with Gasteiger partial charge in [0.15, 0.2) is 0 Å². The van der Waals surface area contributed by atoms with Gasteiger partial charge in [-0.25, -0.2) is 15.0 Å². The fourth-order valence-corrected chi connectivity index (χ4v) is 3.68. The fraction of sp³-hybridized carbons (Fsp3) is 0.556. The standard InChI is InChI=1S/C18H25N7O/c1-18(2)9-13(22-16-20-4-3-15(19)24-16)12-11-21-17(23-14(12)10-18)25-5-7-26-8-6-25/h3-4,11,13H,5-10H2,1-2H3,(H3,19,20,22,24). The predicted octanol–water partition coefficient (Wildman–Crippen LogP) is 1.81. The highest BCUT2D eigenvalue weighted by atomic mass is 16.5. The Labute approximate surface area is 153 Å². The topological polar surface area (TPSA) is 102 Å². The van der Waals surface area contributed by atoms with E-state index in [9.17, 15) is 0 Å². The highest BCUT2D eigenvalue weighted by Crippen LogP contribution is 2.41. The highest BCUT2D eigenvalue weighted by Gasteiger charge is 2.34. The lowest BCUT2D eigenvalue weighted by molar-refractivity contribution is 0.122. The number of fused-ring (bicyclic) bond motifs is 1. The van der Waals surface area contributed by atoms with Crippen LogP contribution in [0.15, 0.2) is 18.5 Å². The minimum Gasteiger partial charge on any atom is -0.384 e. The maximum Gasteiger partial charge on any atom is 0.225 e. The van der Waals surface area contributed by atoms with Gasteiger partial charge < -0.3 is 20.7 Å². The molecule has 0 bridgehead atoms. The molecule has 1 saturated heterocycles. The Hall–Kier alpha value is -2.48. The summed E-state index contributed by atoms with van der Waals surface area (Å²) in [4.78, 5) is 20.3. The monoisotopic (exact) mass is 355 g/mol. The minimum atomic E-state index is 0.0642. The summed E-state index contributed by atoms with van der Waals surface area (Å²) in [5.41, 5.74) is 8.12. The highest BCUT2D eigenvalue weighted by molar-refractivity contribution is 5.42. The summed E-state index contributed by atoms with van der Waals surface area (Å²) in [6.45, 7) is 7.65. The molecule has 2 aromatic rings. The maximum absolute atomic E-state index is 5.78. The summed E-state index contributed by atoms with van der Waals surface area (Å²) < 4.78 is 5.43. The number of hydrogen-bond donors (Lipinski definition) is 2. The second-order valence-electron chi connectivity index (χ2n) is 7.72. The van der Waals surface area contributed by atoms with Crippen LogP contribution in [0.3, 0.4) is 0 Å². The molecule has 2 aromatic heterocycles. The third kappa shape index (κ3) is 3.55. The van der Waals surface area contributed by atoms with Gasteiger partial charge in [0.2, 0.25) is 11.9 Å². The van der Waals surface area contributed by atoms with Crippen molar-refractivity contribution in [2.24, 2.45) is 5.41 Å². The molecule has 3 heterocycles. The molecule has 26 heavy (non-hydrogen) atoms. The van der Waals surface area contributed by atoms with Gasteiger partial charge in [0, 0.05) is 31.0 Å². The van der Waals surface area contributed by atoms with Crippen LogP contribution in [-0.4, -0.2) is 46.2 Å². The van der Waals surface area contributed by atoms with Gasteiger partial charge in [-0.05, 0) is 24.3 Å². The number of rotatable bonds is 3. The molecular weight excluding hydrogens is 330 g/mol. The number of nitrogens with zero attached hydrogens (tertiary/aromatic N) is 5. The van der Waals surface area contributed by atoms with Crippen molar-refractivity contribution >= 4 is 17.7 Å². The Kier molecular flexibility index (Phi) is 4.36. The molecule has 4 rings (SSSR count). The van der Waals surface area contributed by atoms with E-state index in [4.69, 9.17) is 15.5 Å². The first-order valence-electron chi connectivity index (χ1n) is 9.04. The van der Waals surface area contributed by atoms with E-state index >= 15 is 0 Å². The molecule has 0 amide bonds. The first-order valence-corrected chi connectivity index (χ1v) is 9.04. The smallest absolute Gasteiger partial charge is 0.225 e. The summed E-state index contributed by atoms with van der Waals surface area (Å²) in [7, 11) is 0. The molecule has 0 saturated carbocycles. The Morgan fingerprint density at radius 1 is 1.23 bits per heavy atom. The molecule has 2 aliphatic rings. The van der Waals surface area contributed by atoms with Crippen molar-refractivity contribution in [2.75, 3.05) is 42.3 Å². The molecule has 8 heteroatoms. The van der Waals surface area contributed by atoms with Crippen LogP contribution < -0.4 is 16.0 Å². The van der Waals surface area contributed by atoms with Gasteiger partial charge >= 0.3 is 0 Å². The molecule has 1 aliphatic carbocycles. The summed E-state index contributed by atoms with van der Waals surface area (Å²) in [5.74, 6) is 1.79. The maximum atomic E-state index is 5.78. The second-order valence-corrected chi connectivity index (χ2v) is 7.72. The first kappa shape index (κ1) is 17.0. The van der Waals surface area contributed by atoms with Gasteiger partial charge in [-0.3, -0.25) is 0 Å². The number of nitrogen functional groups attached to an aromatic ring is 1. The van der Waals surface area contributed by atoms with Gasteiger partial charge in [0.1, 0.15) is 5.82 Å². The van der Waals surface area contributed by atoms with Gasteiger partial charge in [-0.1, -0.05) is 13.8 Å². The van der Waals surface area contributed by atoms with Crippen LogP contribution in [0, 0.1) is 5.41 Å². The van der Waals surface area contributed by atoms with Crippen LogP contribution in [0.5, 0.6) is 0 Å². The average Bonchev–Trinajstić information content (AvgIpc) is 2.61. The number of aromatic nitrogens is 4. The van der Waals surface area contributed by atoms with Crippen LogP contribution in [0.25, 0.3) is 0 Å². The van der Waals surface area contributed by atoms with E-state index in [-0.39, 0.29) is 11.5 Å². The van der Waals surface area contributed by atoms with Crippen LogP contribution >= 0.6 is 0 Å². The Morgan fingerprint density at radius 2 is 2.04 bits per heavy atom. The molecular formula is C18H25N7O. The molecule has 1 fully saturated rings. The quantitative estimate of drug-likeness (QED) is 0.859. The fourth-order valence-electron chi connectivity index (χ4n) is 3.68. The Morgan fingerprint density at radius 3 is 2.81 bits per heavy atom. The zero-order valence-corrected chi connectivity index (χ0v) is 15.3. The van der Waals surface area contributed by atoms with Crippen LogP contribution in [0.4, 0.5) is 17.7 Å². The van der Waals surface area contributed by atoms with Crippen LogP contribution in [0.2, 0.25) is 0 Å². The third-order valence-corrected chi connectivity index (χ3v) is 4.94. The average molecular weight is 355 g/mol. The molecule has 3 N–H and O–H groups in total. The van der Waals surface area contributed by atoms with Gasteiger partial charge in [0.25, 0.3) is 0 Å². The van der Waals surface area contributed by atoms with E-state index in [2.05, 4.69) is 39.0 Å². The van der Waals surface area contributed by atoms with Crippen molar-refractivity contribution in [3.8, 4) is 0 Å². The number of nitrogens with two attached hydrogens (primary N) is 1. The van der Waals surface area contributed by atoms with E-state index in [1.807, 2.05) is 6.20 Å². The number of morpholine rings is 1. The molecule has 138 valence electrons. The SMILES string of the molecule is CC1(C)Cc2nc(N3CCOCC3)ncc2C(Nc2nccc(N)n2)C1. The van der Waals surface area contributed by atoms with Crippen molar-refractivity contribution < 1.29 is 4.74 Å². The van der Waals surface area contributed by atoms with Crippen molar-refractivity contribution in [3.63, 3.8) is 0 Å².